The topological polar surface area (TPSA) is 94.5 Å². The monoisotopic (exact) mass is 422 g/mol. The molecular formula is C22H26N6O3. The lowest BCUT2D eigenvalue weighted by Crippen LogP contribution is -2.42. The molecule has 9 heteroatoms. The second-order valence-corrected chi connectivity index (χ2v) is 8.16. The number of carbonyl (C=O) groups is 1. The number of hydrogen-bond acceptors (Lipinski definition) is 6. The summed E-state index contributed by atoms with van der Waals surface area (Å²) in [6.07, 6.45) is 0. The minimum atomic E-state index is -0.552. The Hall–Kier alpha value is -3.49. The third-order valence-corrected chi connectivity index (χ3v) is 6.16. The molecule has 0 fully saturated rings. The Morgan fingerprint density at radius 2 is 1.87 bits per heavy atom. The van der Waals surface area contributed by atoms with Crippen LogP contribution in [0.1, 0.15) is 44.9 Å². The molecule has 1 aromatic carbocycles. The van der Waals surface area contributed by atoms with Crippen LogP contribution < -0.4 is 16.3 Å². The number of aryl methyl sites for hydroxylation is 2. The number of imidazole rings is 1. The number of hydrogen-bond donors (Lipinski definition) is 0. The molecule has 0 unspecified atom stereocenters. The number of aromatic nitrogens is 4. The van der Waals surface area contributed by atoms with E-state index >= 15 is 0 Å². The molecule has 1 aliphatic heterocycles. The van der Waals surface area contributed by atoms with E-state index in [0.717, 1.165) is 16.8 Å². The maximum atomic E-state index is 13.6. The molecular weight excluding hydrogens is 396 g/mol. The van der Waals surface area contributed by atoms with E-state index in [1.165, 1.54) is 21.1 Å². The molecule has 0 spiro atoms. The zero-order chi connectivity index (χ0) is 22.6. The third kappa shape index (κ3) is 3.11. The molecule has 0 radical (unpaired) electrons. The molecule has 0 bridgehead atoms. The Balaban J connectivity index is 2.01. The Morgan fingerprint density at radius 1 is 1.19 bits per heavy atom. The lowest BCUT2D eigenvalue weighted by molar-refractivity contribution is -0.118. The van der Waals surface area contributed by atoms with Gasteiger partial charge in [-0.05, 0) is 45.7 Å². The smallest absolute Gasteiger partial charge is 0.298 e. The first-order valence-corrected chi connectivity index (χ1v) is 10.2. The lowest BCUT2D eigenvalue weighted by atomic mass is 10.1. The average Bonchev–Trinajstić information content (AvgIpc) is 3.14. The fourth-order valence-electron chi connectivity index (χ4n) is 3.87. The summed E-state index contributed by atoms with van der Waals surface area (Å²) in [6, 6.07) is 6.88. The molecule has 0 amide bonds. The second kappa shape index (κ2) is 7.33. The molecule has 2 atom stereocenters. The van der Waals surface area contributed by atoms with E-state index in [-0.39, 0.29) is 24.0 Å². The maximum Gasteiger partial charge on any atom is 0.332 e. The number of anilines is 1. The third-order valence-electron chi connectivity index (χ3n) is 6.16. The SMILES string of the molecule is CC(=O)[C@@H](C)N1N=C(C)[C@@H](C)n2c1nc1c2c(=O)n(Cc2ccccc2C)c(=O)n1C. The molecule has 9 nitrogen and oxygen atoms in total. The van der Waals surface area contributed by atoms with Gasteiger partial charge in [0.05, 0.1) is 18.3 Å². The molecule has 1 aliphatic rings. The number of ketones is 1. The standard InChI is InChI=1S/C22H26N6O3/c1-12-9-7-8-10-17(12)11-26-20(30)18-19(25(6)22(26)31)23-21-27(18)14(3)13(2)24-28(21)15(4)16(5)29/h7-10,14-15H,11H2,1-6H3/t14-,15-/m1/s1. The van der Waals surface area contributed by atoms with Crippen LogP contribution in [0.3, 0.4) is 0 Å². The number of carbonyl (C=O) groups excluding carboxylic acids is 1. The summed E-state index contributed by atoms with van der Waals surface area (Å²) in [5, 5.41) is 6.09. The Kier molecular flexibility index (Phi) is 4.91. The van der Waals surface area contributed by atoms with Crippen LogP contribution >= 0.6 is 0 Å². The maximum absolute atomic E-state index is 13.6. The van der Waals surface area contributed by atoms with Crippen molar-refractivity contribution in [3.63, 3.8) is 0 Å². The highest BCUT2D eigenvalue weighted by molar-refractivity contribution is 5.93. The summed E-state index contributed by atoms with van der Waals surface area (Å²) in [5.41, 5.74) is 2.42. The van der Waals surface area contributed by atoms with Gasteiger partial charge in [0.2, 0.25) is 5.95 Å². The van der Waals surface area contributed by atoms with E-state index in [4.69, 9.17) is 0 Å². The number of rotatable bonds is 4. The van der Waals surface area contributed by atoms with Crippen molar-refractivity contribution in [3.05, 3.63) is 56.2 Å². The molecule has 0 saturated carbocycles. The summed E-state index contributed by atoms with van der Waals surface area (Å²) >= 11 is 0. The predicted octanol–water partition coefficient (Wildman–Crippen LogP) is 1.99. The van der Waals surface area contributed by atoms with Crippen LogP contribution in [0.2, 0.25) is 0 Å². The highest BCUT2D eigenvalue weighted by atomic mass is 16.2. The molecule has 0 aliphatic carbocycles. The van der Waals surface area contributed by atoms with Crippen LogP contribution in [0.15, 0.2) is 39.0 Å². The molecule has 3 aromatic rings. The first-order valence-electron chi connectivity index (χ1n) is 10.2. The zero-order valence-corrected chi connectivity index (χ0v) is 18.6. The summed E-state index contributed by atoms with van der Waals surface area (Å²) in [5.74, 6) is 0.312. The fourth-order valence-corrected chi connectivity index (χ4v) is 3.87. The zero-order valence-electron chi connectivity index (χ0n) is 18.6. The largest absolute Gasteiger partial charge is 0.332 e. The van der Waals surface area contributed by atoms with E-state index in [1.54, 1.807) is 18.5 Å². The minimum absolute atomic E-state index is 0.0736. The number of nitrogens with zero attached hydrogens (tertiary/aromatic N) is 6. The van der Waals surface area contributed by atoms with E-state index in [9.17, 15) is 14.4 Å². The average molecular weight is 422 g/mol. The number of hydrazone groups is 1. The quantitative estimate of drug-likeness (QED) is 0.641. The van der Waals surface area contributed by atoms with Crippen LogP contribution in [0.5, 0.6) is 0 Å². The summed E-state index contributed by atoms with van der Waals surface area (Å²) in [4.78, 5) is 43.3. The van der Waals surface area contributed by atoms with E-state index < -0.39 is 17.3 Å². The van der Waals surface area contributed by atoms with Crippen LogP contribution in [0, 0.1) is 6.92 Å². The van der Waals surface area contributed by atoms with E-state index in [2.05, 4.69) is 10.1 Å². The fraction of sp³-hybridized carbons (Fsp3) is 0.409. The molecule has 2 aromatic heterocycles. The van der Waals surface area contributed by atoms with E-state index in [1.807, 2.05) is 45.0 Å². The Bertz CT molecular complexity index is 1360. The lowest BCUT2D eigenvalue weighted by Gasteiger charge is -2.31. The minimum Gasteiger partial charge on any atom is -0.298 e. The summed E-state index contributed by atoms with van der Waals surface area (Å²) in [7, 11) is 1.61. The second-order valence-electron chi connectivity index (χ2n) is 8.16. The van der Waals surface area contributed by atoms with Gasteiger partial charge in [0, 0.05) is 7.05 Å². The number of benzene rings is 1. The van der Waals surface area contributed by atoms with Gasteiger partial charge >= 0.3 is 5.69 Å². The van der Waals surface area contributed by atoms with Crippen molar-refractivity contribution in [2.75, 3.05) is 5.01 Å². The van der Waals surface area contributed by atoms with Gasteiger partial charge in [-0.25, -0.2) is 9.80 Å². The van der Waals surface area contributed by atoms with Crippen LogP contribution in [-0.2, 0) is 18.4 Å². The van der Waals surface area contributed by atoms with Crippen molar-refractivity contribution >= 4 is 28.6 Å². The van der Waals surface area contributed by atoms with Gasteiger partial charge < -0.3 is 0 Å². The molecule has 0 N–H and O–H groups in total. The Morgan fingerprint density at radius 3 is 2.52 bits per heavy atom. The van der Waals surface area contributed by atoms with Crippen molar-refractivity contribution in [1.29, 1.82) is 0 Å². The van der Waals surface area contributed by atoms with Gasteiger partial charge in [-0.3, -0.25) is 23.3 Å². The molecule has 31 heavy (non-hydrogen) atoms. The first-order chi connectivity index (χ1) is 14.6. The molecule has 0 saturated heterocycles. The number of Topliss-reactive ketones (excluding diaryl/α,β-unsaturated/α-hetero) is 1. The summed E-state index contributed by atoms with van der Waals surface area (Å²) in [6.45, 7) is 9.14. The predicted molar refractivity (Wildman–Crippen MR) is 120 cm³/mol. The Labute approximate surface area is 179 Å². The van der Waals surface area contributed by atoms with Gasteiger partial charge in [0.15, 0.2) is 16.9 Å². The van der Waals surface area contributed by atoms with Gasteiger partial charge in [-0.1, -0.05) is 24.3 Å². The van der Waals surface area contributed by atoms with E-state index in [0.29, 0.717) is 11.5 Å². The van der Waals surface area contributed by atoms with Crippen LogP contribution in [0.4, 0.5) is 5.95 Å². The molecule has 4 rings (SSSR count). The van der Waals surface area contributed by atoms with Crippen LogP contribution in [-0.4, -0.2) is 36.2 Å². The van der Waals surface area contributed by atoms with Gasteiger partial charge in [-0.15, -0.1) is 0 Å². The first kappa shape index (κ1) is 20.8. The highest BCUT2D eigenvalue weighted by Crippen LogP contribution is 2.31. The van der Waals surface area contributed by atoms with Crippen molar-refractivity contribution in [3.8, 4) is 0 Å². The summed E-state index contributed by atoms with van der Waals surface area (Å²) < 4.78 is 4.42. The van der Waals surface area contributed by atoms with Gasteiger partial charge in [0.1, 0.15) is 6.04 Å². The van der Waals surface area contributed by atoms with Crippen molar-refractivity contribution in [1.82, 2.24) is 18.7 Å². The van der Waals surface area contributed by atoms with Crippen LogP contribution in [0.25, 0.3) is 11.2 Å². The van der Waals surface area contributed by atoms with Gasteiger partial charge in [-0.2, -0.15) is 10.1 Å². The van der Waals surface area contributed by atoms with Crippen molar-refractivity contribution < 1.29 is 4.79 Å². The normalized spacial score (nSPS) is 16.9. The number of fused-ring (bicyclic) bond motifs is 3. The highest BCUT2D eigenvalue weighted by Gasteiger charge is 2.33. The molecule has 162 valence electrons. The molecule has 3 heterocycles. The van der Waals surface area contributed by atoms with Crippen molar-refractivity contribution in [2.24, 2.45) is 12.1 Å². The van der Waals surface area contributed by atoms with Crippen molar-refractivity contribution in [2.45, 2.75) is 53.2 Å². The van der Waals surface area contributed by atoms with Gasteiger partial charge in [0.25, 0.3) is 5.56 Å².